The number of carboxylic acid groups (broad SMARTS) is 1. The second-order valence-electron chi connectivity index (χ2n) is 4.06. The van der Waals surface area contributed by atoms with Crippen molar-refractivity contribution in [1.29, 1.82) is 0 Å². The number of hydrogen-bond acceptors (Lipinski definition) is 4. The number of carbonyl (C=O) groups excluding carboxylic acids is 1. The van der Waals surface area contributed by atoms with Crippen LogP contribution in [0, 0.1) is 0 Å². The Morgan fingerprint density at radius 2 is 1.95 bits per heavy atom. The summed E-state index contributed by atoms with van der Waals surface area (Å²) in [5.41, 5.74) is 1.20. The van der Waals surface area contributed by atoms with Crippen LogP contribution in [-0.4, -0.2) is 15.7 Å². The second kappa shape index (κ2) is 5.11. The van der Waals surface area contributed by atoms with Gasteiger partial charge in [-0.05, 0) is 24.3 Å². The molecule has 0 aliphatic carbocycles. The van der Waals surface area contributed by atoms with Crippen molar-refractivity contribution in [2.24, 2.45) is 0 Å². The first kappa shape index (κ1) is 12.9. The lowest BCUT2D eigenvalue weighted by molar-refractivity contribution is -0.254. The average Bonchev–Trinajstić information content (AvgIpc) is 3.05. The van der Waals surface area contributed by atoms with E-state index in [1.807, 2.05) is 30.3 Å². The Labute approximate surface area is 123 Å². The van der Waals surface area contributed by atoms with Crippen molar-refractivity contribution >= 4 is 28.9 Å². The minimum absolute atomic E-state index is 0.0485. The molecule has 0 atom stereocenters. The molecule has 0 unspecified atom stereocenters. The Bertz CT molecular complexity index is 765. The number of halogens is 1. The van der Waals surface area contributed by atoms with Crippen molar-refractivity contribution in [3.05, 3.63) is 58.6 Å². The number of hydrogen-bond donors (Lipinski definition) is 0. The highest BCUT2D eigenvalue weighted by atomic mass is 35.5. The van der Waals surface area contributed by atoms with Gasteiger partial charge in [0.1, 0.15) is 5.69 Å². The van der Waals surface area contributed by atoms with Gasteiger partial charge in [0, 0.05) is 11.8 Å². The van der Waals surface area contributed by atoms with E-state index in [-0.39, 0.29) is 5.56 Å². The first-order valence-corrected chi connectivity index (χ1v) is 6.97. The standard InChI is InChI=1S/C14H9ClN2O2S/c15-12-7-6-11(20-12)13-10(14(18)19)8-17(16-13)9-4-2-1-3-5-9/h1-8H,(H,18,19)/p-1. The molecule has 20 heavy (non-hydrogen) atoms. The molecule has 0 N–H and O–H groups in total. The maximum atomic E-state index is 11.3. The van der Waals surface area contributed by atoms with Crippen LogP contribution in [-0.2, 0) is 0 Å². The molecular formula is C14H8ClN2O2S-. The summed E-state index contributed by atoms with van der Waals surface area (Å²) < 4.78 is 2.10. The van der Waals surface area contributed by atoms with Gasteiger partial charge in [0.05, 0.1) is 20.9 Å². The summed E-state index contributed by atoms with van der Waals surface area (Å²) in [6.07, 6.45) is 1.45. The summed E-state index contributed by atoms with van der Waals surface area (Å²) in [7, 11) is 0. The maximum absolute atomic E-state index is 11.3. The number of rotatable bonds is 3. The molecule has 3 aromatic rings. The van der Waals surface area contributed by atoms with Crippen molar-refractivity contribution < 1.29 is 9.90 Å². The van der Waals surface area contributed by atoms with Crippen molar-refractivity contribution in [2.45, 2.75) is 0 Å². The zero-order valence-corrected chi connectivity index (χ0v) is 11.7. The number of aromatic carboxylic acids is 1. The van der Waals surface area contributed by atoms with Gasteiger partial charge in [-0.15, -0.1) is 11.3 Å². The Kier molecular flexibility index (Phi) is 3.30. The molecule has 0 saturated heterocycles. The minimum atomic E-state index is -1.26. The molecule has 4 nitrogen and oxygen atoms in total. The highest BCUT2D eigenvalue weighted by Gasteiger charge is 2.14. The van der Waals surface area contributed by atoms with E-state index in [0.29, 0.717) is 14.9 Å². The molecule has 0 fully saturated rings. The van der Waals surface area contributed by atoms with E-state index in [2.05, 4.69) is 5.10 Å². The second-order valence-corrected chi connectivity index (χ2v) is 5.78. The van der Waals surface area contributed by atoms with E-state index >= 15 is 0 Å². The molecule has 0 amide bonds. The number of nitrogens with zero attached hydrogens (tertiary/aromatic N) is 2. The summed E-state index contributed by atoms with van der Waals surface area (Å²) in [5.74, 6) is -1.26. The predicted molar refractivity (Wildman–Crippen MR) is 76.2 cm³/mol. The Hall–Kier alpha value is -2.11. The lowest BCUT2D eigenvalue weighted by Gasteiger charge is -1.99. The number of carboxylic acids is 1. The predicted octanol–water partition coefficient (Wildman–Crippen LogP) is 2.62. The van der Waals surface area contributed by atoms with Crippen LogP contribution in [0.3, 0.4) is 0 Å². The van der Waals surface area contributed by atoms with Crippen LogP contribution in [0.1, 0.15) is 10.4 Å². The van der Waals surface area contributed by atoms with E-state index in [0.717, 1.165) is 5.69 Å². The number of carbonyl (C=O) groups is 1. The molecule has 0 saturated carbocycles. The van der Waals surface area contributed by atoms with Gasteiger partial charge < -0.3 is 9.90 Å². The van der Waals surface area contributed by atoms with Gasteiger partial charge in [-0.3, -0.25) is 0 Å². The molecule has 0 bridgehead atoms. The number of thiophene rings is 1. The summed E-state index contributed by atoms with van der Waals surface area (Å²) in [5, 5.41) is 15.6. The third-order valence-corrected chi connectivity index (χ3v) is 4.00. The van der Waals surface area contributed by atoms with E-state index in [9.17, 15) is 9.90 Å². The first-order chi connectivity index (χ1) is 9.65. The fraction of sp³-hybridized carbons (Fsp3) is 0. The van der Waals surface area contributed by atoms with E-state index < -0.39 is 5.97 Å². The molecule has 0 radical (unpaired) electrons. The molecule has 0 spiro atoms. The van der Waals surface area contributed by atoms with Crippen molar-refractivity contribution in [2.75, 3.05) is 0 Å². The summed E-state index contributed by atoms with van der Waals surface area (Å²) >= 11 is 7.17. The highest BCUT2D eigenvalue weighted by Crippen LogP contribution is 2.32. The highest BCUT2D eigenvalue weighted by molar-refractivity contribution is 7.19. The third-order valence-electron chi connectivity index (χ3n) is 2.76. The lowest BCUT2D eigenvalue weighted by Crippen LogP contribution is -2.22. The van der Waals surface area contributed by atoms with Gasteiger partial charge in [0.25, 0.3) is 0 Å². The van der Waals surface area contributed by atoms with Crippen LogP contribution in [0.4, 0.5) is 0 Å². The monoisotopic (exact) mass is 303 g/mol. The lowest BCUT2D eigenvalue weighted by atomic mass is 10.2. The first-order valence-electron chi connectivity index (χ1n) is 5.77. The summed E-state index contributed by atoms with van der Waals surface area (Å²) in [6.45, 7) is 0. The topological polar surface area (TPSA) is 57.9 Å². The van der Waals surface area contributed by atoms with Gasteiger partial charge in [0.2, 0.25) is 0 Å². The molecule has 2 heterocycles. The molecule has 1 aromatic carbocycles. The van der Waals surface area contributed by atoms with Gasteiger partial charge in [-0.25, -0.2) is 4.68 Å². The SMILES string of the molecule is O=C([O-])c1cn(-c2ccccc2)nc1-c1ccc(Cl)s1. The Morgan fingerprint density at radius 1 is 1.20 bits per heavy atom. The van der Waals surface area contributed by atoms with E-state index in [1.165, 1.54) is 22.2 Å². The molecular weight excluding hydrogens is 296 g/mol. The average molecular weight is 304 g/mol. The van der Waals surface area contributed by atoms with E-state index in [1.54, 1.807) is 12.1 Å². The molecule has 0 aliphatic heterocycles. The normalized spacial score (nSPS) is 10.7. The van der Waals surface area contributed by atoms with Crippen molar-refractivity contribution in [3.8, 4) is 16.3 Å². The summed E-state index contributed by atoms with van der Waals surface area (Å²) in [6, 6.07) is 12.7. The van der Waals surface area contributed by atoms with Crippen LogP contribution in [0.5, 0.6) is 0 Å². The van der Waals surface area contributed by atoms with E-state index in [4.69, 9.17) is 11.6 Å². The third kappa shape index (κ3) is 2.33. The number of benzene rings is 1. The maximum Gasteiger partial charge on any atom is 0.112 e. The number of para-hydroxylation sites is 1. The molecule has 3 rings (SSSR count). The van der Waals surface area contributed by atoms with Gasteiger partial charge in [-0.1, -0.05) is 29.8 Å². The quantitative estimate of drug-likeness (QED) is 0.747. The smallest absolute Gasteiger partial charge is 0.112 e. The van der Waals surface area contributed by atoms with Crippen LogP contribution < -0.4 is 5.11 Å². The van der Waals surface area contributed by atoms with Crippen LogP contribution in [0.25, 0.3) is 16.3 Å². The fourth-order valence-electron chi connectivity index (χ4n) is 1.86. The van der Waals surface area contributed by atoms with Gasteiger partial charge in [-0.2, -0.15) is 5.10 Å². The fourth-order valence-corrected chi connectivity index (χ4v) is 2.90. The van der Waals surface area contributed by atoms with Crippen LogP contribution in [0.2, 0.25) is 4.34 Å². The largest absolute Gasteiger partial charge is 0.545 e. The Balaban J connectivity index is 2.15. The van der Waals surface area contributed by atoms with Crippen molar-refractivity contribution in [1.82, 2.24) is 9.78 Å². The Morgan fingerprint density at radius 3 is 2.55 bits per heavy atom. The molecule has 2 aromatic heterocycles. The van der Waals surface area contributed by atoms with Gasteiger partial charge >= 0.3 is 0 Å². The molecule has 6 heteroatoms. The minimum Gasteiger partial charge on any atom is -0.545 e. The zero-order valence-electron chi connectivity index (χ0n) is 10.1. The number of aromatic nitrogens is 2. The van der Waals surface area contributed by atoms with Crippen LogP contribution in [0.15, 0.2) is 48.7 Å². The molecule has 100 valence electrons. The van der Waals surface area contributed by atoms with Gasteiger partial charge in [0.15, 0.2) is 0 Å². The van der Waals surface area contributed by atoms with Crippen LogP contribution >= 0.6 is 22.9 Å². The summed E-state index contributed by atoms with van der Waals surface area (Å²) in [4.78, 5) is 12.0. The molecule has 0 aliphatic rings. The van der Waals surface area contributed by atoms with Crippen molar-refractivity contribution in [3.63, 3.8) is 0 Å². The zero-order chi connectivity index (χ0) is 14.1.